The van der Waals surface area contributed by atoms with E-state index < -0.39 is 0 Å². The molecule has 0 radical (unpaired) electrons. The summed E-state index contributed by atoms with van der Waals surface area (Å²) in [6, 6.07) is 8.44. The molecule has 86 valence electrons. The Bertz CT molecular complexity index is 348. The minimum absolute atomic E-state index is 1.03. The molecule has 1 aliphatic rings. The van der Waals surface area contributed by atoms with Crippen molar-refractivity contribution in [2.45, 2.75) is 6.92 Å². The predicted molar refractivity (Wildman–Crippen MR) is 67.8 cm³/mol. The quantitative estimate of drug-likeness (QED) is 0.700. The Kier molecular flexibility index (Phi) is 3.57. The fourth-order valence-electron chi connectivity index (χ4n) is 1.71. The van der Waals surface area contributed by atoms with E-state index in [4.69, 9.17) is 0 Å². The second-order valence-corrected chi connectivity index (χ2v) is 4.41. The van der Waals surface area contributed by atoms with E-state index in [0.29, 0.717) is 0 Å². The van der Waals surface area contributed by atoms with Crippen LogP contribution in [0.5, 0.6) is 0 Å². The van der Waals surface area contributed by atoms with Crippen molar-refractivity contribution in [2.24, 2.45) is 5.10 Å². The Balaban J connectivity index is 1.91. The fourth-order valence-corrected chi connectivity index (χ4v) is 1.71. The number of hydrogen-bond donors (Lipinski definition) is 0. The number of piperazine rings is 1. The zero-order chi connectivity index (χ0) is 11.4. The van der Waals surface area contributed by atoms with Gasteiger partial charge in [-0.2, -0.15) is 5.10 Å². The van der Waals surface area contributed by atoms with Gasteiger partial charge in [-0.25, -0.2) is 0 Å². The maximum atomic E-state index is 4.50. The predicted octanol–water partition coefficient (Wildman–Crippen LogP) is 1.58. The maximum Gasteiger partial charge on any atom is 0.0542 e. The van der Waals surface area contributed by atoms with Crippen molar-refractivity contribution in [3.63, 3.8) is 0 Å². The SMILES string of the molecule is Cc1ccc(/C=N\N2CCN(C)CC2)cc1. The molecule has 3 heteroatoms. The van der Waals surface area contributed by atoms with Gasteiger partial charge in [0, 0.05) is 26.2 Å². The summed E-state index contributed by atoms with van der Waals surface area (Å²) in [6.07, 6.45) is 1.95. The minimum atomic E-state index is 1.03. The lowest BCUT2D eigenvalue weighted by molar-refractivity contribution is 0.159. The van der Waals surface area contributed by atoms with Gasteiger partial charge in [0.1, 0.15) is 0 Å². The lowest BCUT2D eigenvalue weighted by atomic mass is 10.2. The van der Waals surface area contributed by atoms with E-state index in [0.717, 1.165) is 26.2 Å². The van der Waals surface area contributed by atoms with Gasteiger partial charge in [0.2, 0.25) is 0 Å². The van der Waals surface area contributed by atoms with E-state index in [1.165, 1.54) is 11.1 Å². The van der Waals surface area contributed by atoms with Gasteiger partial charge in [0.05, 0.1) is 6.21 Å². The number of likely N-dealkylation sites (N-methyl/N-ethyl adjacent to an activating group) is 1. The number of hydrogen-bond acceptors (Lipinski definition) is 3. The Morgan fingerprint density at radius 2 is 1.69 bits per heavy atom. The third-order valence-corrected chi connectivity index (χ3v) is 2.93. The second kappa shape index (κ2) is 5.12. The zero-order valence-corrected chi connectivity index (χ0v) is 10.1. The molecule has 1 heterocycles. The van der Waals surface area contributed by atoms with E-state index in [1.807, 2.05) is 6.21 Å². The molecule has 3 nitrogen and oxygen atoms in total. The standard InChI is InChI=1S/C13H19N3/c1-12-3-5-13(6-4-12)11-14-16-9-7-15(2)8-10-16/h3-6,11H,7-10H2,1-2H3/b14-11-. The average Bonchev–Trinajstić information content (AvgIpc) is 2.30. The van der Waals surface area contributed by atoms with Crippen LogP contribution in [0.25, 0.3) is 0 Å². The first kappa shape index (κ1) is 11.1. The minimum Gasteiger partial charge on any atom is -0.303 e. The van der Waals surface area contributed by atoms with Crippen molar-refractivity contribution in [3.8, 4) is 0 Å². The van der Waals surface area contributed by atoms with Crippen LogP contribution in [0.4, 0.5) is 0 Å². The van der Waals surface area contributed by atoms with E-state index in [9.17, 15) is 0 Å². The number of nitrogens with zero attached hydrogens (tertiary/aromatic N) is 3. The van der Waals surface area contributed by atoms with Gasteiger partial charge < -0.3 is 4.90 Å². The summed E-state index contributed by atoms with van der Waals surface area (Å²) in [7, 11) is 2.15. The first-order valence-electron chi connectivity index (χ1n) is 5.78. The molecule has 0 aromatic heterocycles. The number of aryl methyl sites for hydroxylation is 1. The summed E-state index contributed by atoms with van der Waals surface area (Å²) in [4.78, 5) is 2.33. The third-order valence-electron chi connectivity index (χ3n) is 2.93. The Morgan fingerprint density at radius 1 is 1.06 bits per heavy atom. The van der Waals surface area contributed by atoms with Crippen LogP contribution >= 0.6 is 0 Å². The van der Waals surface area contributed by atoms with E-state index in [-0.39, 0.29) is 0 Å². The Morgan fingerprint density at radius 3 is 2.31 bits per heavy atom. The molecule has 0 saturated carbocycles. The van der Waals surface area contributed by atoms with Gasteiger partial charge in [-0.15, -0.1) is 0 Å². The summed E-state index contributed by atoms with van der Waals surface area (Å²) in [5.41, 5.74) is 2.46. The van der Waals surface area contributed by atoms with Gasteiger partial charge in [-0.3, -0.25) is 5.01 Å². The van der Waals surface area contributed by atoms with Crippen LogP contribution in [0, 0.1) is 6.92 Å². The van der Waals surface area contributed by atoms with Gasteiger partial charge in [0.25, 0.3) is 0 Å². The molecule has 1 saturated heterocycles. The number of hydrazone groups is 1. The van der Waals surface area contributed by atoms with E-state index in [2.05, 4.69) is 53.2 Å². The lowest BCUT2D eigenvalue weighted by Gasteiger charge is -2.30. The Labute approximate surface area is 97.4 Å². The molecule has 0 bridgehead atoms. The van der Waals surface area contributed by atoms with E-state index in [1.54, 1.807) is 0 Å². The van der Waals surface area contributed by atoms with Gasteiger partial charge in [-0.1, -0.05) is 29.8 Å². The maximum absolute atomic E-state index is 4.50. The van der Waals surface area contributed by atoms with Crippen LogP contribution in [0.2, 0.25) is 0 Å². The zero-order valence-electron chi connectivity index (χ0n) is 10.1. The average molecular weight is 217 g/mol. The smallest absolute Gasteiger partial charge is 0.0542 e. The van der Waals surface area contributed by atoms with Gasteiger partial charge >= 0.3 is 0 Å². The van der Waals surface area contributed by atoms with Crippen molar-refractivity contribution in [3.05, 3.63) is 35.4 Å². The topological polar surface area (TPSA) is 18.8 Å². The van der Waals surface area contributed by atoms with Crippen molar-refractivity contribution in [1.29, 1.82) is 0 Å². The van der Waals surface area contributed by atoms with Crippen molar-refractivity contribution in [2.75, 3.05) is 33.2 Å². The van der Waals surface area contributed by atoms with Crippen LogP contribution in [0.15, 0.2) is 29.4 Å². The van der Waals surface area contributed by atoms with Crippen LogP contribution < -0.4 is 0 Å². The molecule has 1 aromatic carbocycles. The van der Waals surface area contributed by atoms with Gasteiger partial charge in [0.15, 0.2) is 0 Å². The monoisotopic (exact) mass is 217 g/mol. The highest BCUT2D eigenvalue weighted by atomic mass is 15.5. The first-order chi connectivity index (χ1) is 7.74. The molecule has 1 aromatic rings. The van der Waals surface area contributed by atoms with E-state index >= 15 is 0 Å². The van der Waals surface area contributed by atoms with Crippen molar-refractivity contribution in [1.82, 2.24) is 9.91 Å². The van der Waals surface area contributed by atoms with Crippen LogP contribution in [-0.2, 0) is 0 Å². The molecule has 0 aliphatic carbocycles. The first-order valence-corrected chi connectivity index (χ1v) is 5.78. The molecule has 0 amide bonds. The normalized spacial score (nSPS) is 18.2. The summed E-state index contributed by atoms with van der Waals surface area (Å²) >= 11 is 0. The van der Waals surface area contributed by atoms with Crippen molar-refractivity contribution >= 4 is 6.21 Å². The summed E-state index contributed by atoms with van der Waals surface area (Å²) in [5.74, 6) is 0. The summed E-state index contributed by atoms with van der Waals surface area (Å²) in [5, 5.41) is 6.64. The van der Waals surface area contributed by atoms with Crippen molar-refractivity contribution < 1.29 is 0 Å². The molecule has 0 unspecified atom stereocenters. The highest BCUT2D eigenvalue weighted by molar-refractivity contribution is 5.79. The van der Waals surface area contributed by atoms with Crippen LogP contribution in [0.3, 0.4) is 0 Å². The largest absolute Gasteiger partial charge is 0.303 e. The molecule has 1 fully saturated rings. The molecule has 0 atom stereocenters. The lowest BCUT2D eigenvalue weighted by Crippen LogP contribution is -2.41. The highest BCUT2D eigenvalue weighted by Crippen LogP contribution is 2.02. The molecule has 16 heavy (non-hydrogen) atoms. The summed E-state index contributed by atoms with van der Waals surface area (Å²) < 4.78 is 0. The number of rotatable bonds is 2. The molecule has 2 rings (SSSR count). The second-order valence-electron chi connectivity index (χ2n) is 4.41. The highest BCUT2D eigenvalue weighted by Gasteiger charge is 2.10. The molecular formula is C13H19N3. The van der Waals surface area contributed by atoms with Crippen LogP contribution in [-0.4, -0.2) is 49.4 Å². The Hall–Kier alpha value is -1.35. The molecular weight excluding hydrogens is 198 g/mol. The van der Waals surface area contributed by atoms with Crippen LogP contribution in [0.1, 0.15) is 11.1 Å². The third kappa shape index (κ3) is 3.07. The fraction of sp³-hybridized carbons (Fsp3) is 0.462. The molecule has 0 N–H and O–H groups in total. The number of benzene rings is 1. The molecule has 0 spiro atoms. The molecule has 1 aliphatic heterocycles. The van der Waals surface area contributed by atoms with Gasteiger partial charge in [-0.05, 0) is 19.5 Å². The summed E-state index contributed by atoms with van der Waals surface area (Å²) in [6.45, 7) is 6.36.